The second kappa shape index (κ2) is 9.40. The van der Waals surface area contributed by atoms with Crippen LogP contribution >= 0.6 is 12.2 Å². The lowest BCUT2D eigenvalue weighted by molar-refractivity contribution is 0.549. The Bertz CT molecular complexity index is 1530. The van der Waals surface area contributed by atoms with E-state index in [1.165, 1.54) is 5.56 Å². The van der Waals surface area contributed by atoms with E-state index in [4.69, 9.17) is 12.2 Å². The molecule has 1 aliphatic rings. The molecular weight excluding hydrogens is 490 g/mol. The maximum Gasteiger partial charge on any atom is 0.229 e. The Morgan fingerprint density at radius 3 is 2.50 bits per heavy atom. The molecule has 1 aliphatic heterocycles. The Morgan fingerprint density at radius 1 is 0.972 bits per heavy atom. The molecule has 0 amide bonds. The zero-order valence-electron chi connectivity index (χ0n) is 20.2. The largest absolute Gasteiger partial charge is 0.351 e. The smallest absolute Gasteiger partial charge is 0.229 e. The fourth-order valence-electron chi connectivity index (χ4n) is 4.69. The summed E-state index contributed by atoms with van der Waals surface area (Å²) in [5, 5.41) is 4.07. The molecule has 0 saturated carbocycles. The number of sulfonamides is 1. The molecule has 5 rings (SSSR count). The van der Waals surface area contributed by atoms with Crippen molar-refractivity contribution in [3.05, 3.63) is 108 Å². The van der Waals surface area contributed by atoms with E-state index < -0.39 is 10.0 Å². The van der Waals surface area contributed by atoms with Gasteiger partial charge in [-0.3, -0.25) is 9.71 Å². The summed E-state index contributed by atoms with van der Waals surface area (Å²) >= 11 is 5.86. The van der Waals surface area contributed by atoms with Crippen LogP contribution in [0.4, 0.5) is 11.4 Å². The van der Waals surface area contributed by atoms with Crippen molar-refractivity contribution in [1.82, 2.24) is 14.9 Å². The van der Waals surface area contributed by atoms with Crippen LogP contribution in [0.25, 0.3) is 5.69 Å². The van der Waals surface area contributed by atoms with Crippen LogP contribution < -0.4 is 14.9 Å². The first-order valence-electron chi connectivity index (χ1n) is 11.5. The number of hydrogen-bond donors (Lipinski definition) is 2. The summed E-state index contributed by atoms with van der Waals surface area (Å²) < 4.78 is 28.3. The Balaban J connectivity index is 1.64. The zero-order valence-corrected chi connectivity index (χ0v) is 21.8. The van der Waals surface area contributed by atoms with E-state index in [1.54, 1.807) is 12.3 Å². The van der Waals surface area contributed by atoms with Gasteiger partial charge in [-0.1, -0.05) is 18.2 Å². The second-order valence-corrected chi connectivity index (χ2v) is 11.1. The van der Waals surface area contributed by atoms with Gasteiger partial charge in [0.2, 0.25) is 10.0 Å². The minimum Gasteiger partial charge on any atom is -0.351 e. The highest BCUT2D eigenvalue weighted by atomic mass is 32.2. The number of nitrogens with one attached hydrogen (secondary N) is 2. The van der Waals surface area contributed by atoms with Crippen LogP contribution in [0.3, 0.4) is 0 Å². The van der Waals surface area contributed by atoms with Crippen molar-refractivity contribution in [2.75, 3.05) is 15.9 Å². The van der Waals surface area contributed by atoms with Gasteiger partial charge in [0.1, 0.15) is 6.04 Å². The summed E-state index contributed by atoms with van der Waals surface area (Å²) in [6.07, 6.45) is 4.99. The summed E-state index contributed by atoms with van der Waals surface area (Å²) in [7, 11) is -3.39. The third-order valence-electron chi connectivity index (χ3n) is 6.24. The number of benzene rings is 2. The van der Waals surface area contributed by atoms with Crippen LogP contribution in [-0.2, 0) is 10.0 Å². The number of hydrogen-bond acceptors (Lipinski definition) is 4. The molecular formula is C27H27N5O2S2. The molecule has 0 aliphatic carbocycles. The number of rotatable bonds is 6. The molecule has 9 heteroatoms. The molecule has 0 radical (unpaired) electrons. The van der Waals surface area contributed by atoms with E-state index in [0.717, 1.165) is 34.6 Å². The van der Waals surface area contributed by atoms with Crippen molar-refractivity contribution in [3.63, 3.8) is 0 Å². The molecule has 2 atom stereocenters. The maximum atomic E-state index is 11.8. The number of aryl methyl sites for hydroxylation is 2. The quantitative estimate of drug-likeness (QED) is 0.349. The van der Waals surface area contributed by atoms with E-state index in [1.807, 2.05) is 43.3 Å². The van der Waals surface area contributed by atoms with Gasteiger partial charge in [0.25, 0.3) is 0 Å². The van der Waals surface area contributed by atoms with Crippen molar-refractivity contribution in [3.8, 4) is 5.69 Å². The minimum atomic E-state index is -3.39. The second-order valence-electron chi connectivity index (χ2n) is 9.01. The van der Waals surface area contributed by atoms with Crippen molar-refractivity contribution in [2.24, 2.45) is 0 Å². The monoisotopic (exact) mass is 517 g/mol. The normalized spacial score (nSPS) is 17.8. The first-order valence-corrected chi connectivity index (χ1v) is 13.8. The number of aromatic nitrogens is 2. The minimum absolute atomic E-state index is 0.189. The molecule has 2 N–H and O–H groups in total. The Kier molecular flexibility index (Phi) is 6.27. The van der Waals surface area contributed by atoms with Crippen molar-refractivity contribution in [2.45, 2.75) is 25.9 Å². The van der Waals surface area contributed by atoms with E-state index in [-0.39, 0.29) is 12.1 Å². The highest BCUT2D eigenvalue weighted by Gasteiger charge is 2.42. The lowest BCUT2D eigenvalue weighted by atomic mass is 10.00. The van der Waals surface area contributed by atoms with Gasteiger partial charge in [-0.15, -0.1) is 0 Å². The van der Waals surface area contributed by atoms with Gasteiger partial charge in [-0.25, -0.2) is 8.42 Å². The molecule has 184 valence electrons. The Hall–Kier alpha value is -3.69. The van der Waals surface area contributed by atoms with E-state index in [0.29, 0.717) is 10.8 Å². The van der Waals surface area contributed by atoms with Crippen LogP contribution in [0.5, 0.6) is 0 Å². The number of nitrogens with zero attached hydrogens (tertiary/aromatic N) is 3. The first-order chi connectivity index (χ1) is 17.2. The first kappa shape index (κ1) is 24.0. The summed E-state index contributed by atoms with van der Waals surface area (Å²) in [5.74, 6) is 0. The topological polar surface area (TPSA) is 79.3 Å². The molecule has 0 bridgehead atoms. The van der Waals surface area contributed by atoms with E-state index in [2.05, 4.69) is 67.9 Å². The number of pyridine rings is 1. The molecule has 1 fully saturated rings. The standard InChI is InChI=1S/C27H27N5O2S2/c1-18-8-6-9-20(16-18)31-15-7-11-24(31)26-25(23-10-4-5-14-28-23)29-27(35)32(26)21-12-13-22(19(2)17-21)30-36(3,33)34/h4-17,25-26,30H,1-3H3,(H,29,35)/t25-,26+/m1/s1. The van der Waals surface area contributed by atoms with Gasteiger partial charge in [-0.2, -0.15) is 0 Å². The van der Waals surface area contributed by atoms with Crippen molar-refractivity contribution >= 4 is 38.7 Å². The maximum absolute atomic E-state index is 11.8. The summed E-state index contributed by atoms with van der Waals surface area (Å²) in [6.45, 7) is 3.96. The molecule has 3 heterocycles. The third-order valence-corrected chi connectivity index (χ3v) is 7.15. The van der Waals surface area contributed by atoms with Crippen molar-refractivity contribution in [1.29, 1.82) is 0 Å². The lowest BCUT2D eigenvalue weighted by Crippen LogP contribution is -2.30. The lowest BCUT2D eigenvalue weighted by Gasteiger charge is -2.29. The summed E-state index contributed by atoms with van der Waals surface area (Å²) in [5.41, 5.74) is 6.39. The van der Waals surface area contributed by atoms with Crippen LogP contribution in [0.1, 0.15) is 34.6 Å². The average molecular weight is 518 g/mol. The van der Waals surface area contributed by atoms with Gasteiger partial charge >= 0.3 is 0 Å². The van der Waals surface area contributed by atoms with Gasteiger partial charge < -0.3 is 14.8 Å². The molecule has 0 spiro atoms. The summed E-state index contributed by atoms with van der Waals surface area (Å²) in [4.78, 5) is 6.73. The average Bonchev–Trinajstić information content (AvgIpc) is 3.44. The predicted octanol–water partition coefficient (Wildman–Crippen LogP) is 5.04. The summed E-state index contributed by atoms with van der Waals surface area (Å²) in [6, 6.07) is 23.6. The Labute approximate surface area is 216 Å². The highest BCUT2D eigenvalue weighted by molar-refractivity contribution is 7.92. The van der Waals surface area contributed by atoms with Crippen LogP contribution in [0.15, 0.2) is 85.2 Å². The molecule has 1 saturated heterocycles. The molecule has 2 aromatic heterocycles. The van der Waals surface area contributed by atoms with Gasteiger partial charge in [0.15, 0.2) is 5.11 Å². The third kappa shape index (κ3) is 4.72. The molecule has 36 heavy (non-hydrogen) atoms. The van der Waals surface area contributed by atoms with Crippen LogP contribution in [0, 0.1) is 13.8 Å². The highest BCUT2D eigenvalue weighted by Crippen LogP contribution is 2.43. The molecule has 2 aromatic carbocycles. The molecule has 4 aromatic rings. The number of anilines is 2. The SMILES string of the molecule is Cc1cccc(-n2cccc2[C@H]2[C@@H](c3ccccn3)NC(=S)N2c2ccc(NS(C)(=O)=O)c(C)c2)c1. The fourth-order valence-corrected chi connectivity index (χ4v) is 5.67. The molecule has 0 unspecified atom stereocenters. The van der Waals surface area contributed by atoms with Gasteiger partial charge in [0.05, 0.1) is 23.7 Å². The zero-order chi connectivity index (χ0) is 25.4. The fraction of sp³-hybridized carbons (Fsp3) is 0.185. The van der Waals surface area contributed by atoms with Crippen LogP contribution in [-0.4, -0.2) is 29.3 Å². The van der Waals surface area contributed by atoms with Gasteiger partial charge in [0, 0.05) is 29.5 Å². The van der Waals surface area contributed by atoms with Gasteiger partial charge in [-0.05, 0) is 91.8 Å². The van der Waals surface area contributed by atoms with E-state index in [9.17, 15) is 8.42 Å². The molecule has 7 nitrogen and oxygen atoms in total. The predicted molar refractivity (Wildman–Crippen MR) is 148 cm³/mol. The Morgan fingerprint density at radius 2 is 1.81 bits per heavy atom. The van der Waals surface area contributed by atoms with Crippen molar-refractivity contribution < 1.29 is 8.42 Å². The van der Waals surface area contributed by atoms with E-state index >= 15 is 0 Å². The van der Waals surface area contributed by atoms with Crippen LogP contribution in [0.2, 0.25) is 0 Å². The number of thiocarbonyl (C=S) groups is 1.